The van der Waals surface area contributed by atoms with E-state index in [-0.39, 0.29) is 6.17 Å². The minimum atomic E-state index is -0.183. The predicted octanol–water partition coefficient (Wildman–Crippen LogP) is 12.1. The van der Waals surface area contributed by atoms with Crippen molar-refractivity contribution in [2.45, 2.75) is 19.0 Å². The largest absolute Gasteiger partial charge is 0.360 e. The van der Waals surface area contributed by atoms with Crippen LogP contribution in [0.1, 0.15) is 30.1 Å². The standard InChI is InChI=1S/C46H33N3S/c1-3-12-30(13-4-1)40-29-41(31-14-5-2-6-15-31)48-46(47-40)32-22-25-34(26-23-32)49-42-20-9-7-16-36(42)37-27-24-33(28-43(37)49)35-18-11-19-39-38-17-8-10-21-44(38)50-45(35)39/h1-5,7-14,16-29,46,48H,6,15H2. The highest BCUT2D eigenvalue weighted by molar-refractivity contribution is 7.26. The molecule has 8 aromatic rings. The molecule has 1 unspecified atom stereocenters. The molecular weight excluding hydrogens is 627 g/mol. The van der Waals surface area contributed by atoms with Crippen LogP contribution in [0.15, 0.2) is 180 Å². The van der Waals surface area contributed by atoms with E-state index < -0.39 is 0 Å². The highest BCUT2D eigenvalue weighted by Gasteiger charge is 2.22. The second-order valence-corrected chi connectivity index (χ2v) is 14.2. The Kier molecular flexibility index (Phi) is 6.88. The summed E-state index contributed by atoms with van der Waals surface area (Å²) in [6.45, 7) is 0. The minimum absolute atomic E-state index is 0.183. The van der Waals surface area contributed by atoms with Crippen LogP contribution >= 0.6 is 11.3 Å². The number of aliphatic imine (C=N–C) groups is 1. The summed E-state index contributed by atoms with van der Waals surface area (Å²) < 4.78 is 5.08. The number of rotatable bonds is 5. The number of fused-ring (bicyclic) bond motifs is 6. The molecule has 238 valence electrons. The van der Waals surface area contributed by atoms with E-state index >= 15 is 0 Å². The van der Waals surface area contributed by atoms with Gasteiger partial charge in [0.1, 0.15) is 6.17 Å². The molecule has 0 spiro atoms. The number of benzene rings is 6. The maximum absolute atomic E-state index is 5.22. The van der Waals surface area contributed by atoms with Gasteiger partial charge in [-0.2, -0.15) is 0 Å². The molecule has 6 aromatic carbocycles. The molecule has 0 radical (unpaired) electrons. The second-order valence-electron chi connectivity index (χ2n) is 13.1. The fourth-order valence-electron chi connectivity index (χ4n) is 7.67. The molecule has 10 rings (SSSR count). The van der Waals surface area contributed by atoms with E-state index in [4.69, 9.17) is 4.99 Å². The highest BCUT2D eigenvalue weighted by atomic mass is 32.1. The number of para-hydroxylation sites is 1. The normalized spacial score (nSPS) is 16.1. The highest BCUT2D eigenvalue weighted by Crippen LogP contribution is 2.42. The summed E-state index contributed by atoms with van der Waals surface area (Å²) in [4.78, 5) is 5.22. The van der Waals surface area contributed by atoms with Gasteiger partial charge >= 0.3 is 0 Å². The van der Waals surface area contributed by atoms with Crippen LogP contribution in [-0.4, -0.2) is 10.3 Å². The lowest BCUT2D eigenvalue weighted by Crippen LogP contribution is -2.27. The first-order valence-electron chi connectivity index (χ1n) is 17.3. The molecule has 50 heavy (non-hydrogen) atoms. The van der Waals surface area contributed by atoms with Gasteiger partial charge in [-0.05, 0) is 77.1 Å². The van der Waals surface area contributed by atoms with Crippen molar-refractivity contribution in [3.05, 3.63) is 186 Å². The topological polar surface area (TPSA) is 29.3 Å². The third-order valence-electron chi connectivity index (χ3n) is 10.1. The fraction of sp³-hybridized carbons (Fsp3) is 0.0652. The van der Waals surface area contributed by atoms with Gasteiger partial charge in [0.25, 0.3) is 0 Å². The molecule has 4 heteroatoms. The van der Waals surface area contributed by atoms with Gasteiger partial charge in [0, 0.05) is 42.3 Å². The summed E-state index contributed by atoms with van der Waals surface area (Å²) >= 11 is 1.88. The molecule has 3 heterocycles. The zero-order chi connectivity index (χ0) is 33.0. The molecular formula is C46H33N3S. The Hall–Kier alpha value is -5.97. The number of allylic oxidation sites excluding steroid dienone is 5. The van der Waals surface area contributed by atoms with Crippen molar-refractivity contribution in [2.75, 3.05) is 0 Å². The average Bonchev–Trinajstić information content (AvgIpc) is 3.74. The molecule has 3 nitrogen and oxygen atoms in total. The smallest absolute Gasteiger partial charge is 0.145 e. The Morgan fingerprint density at radius 1 is 0.660 bits per heavy atom. The number of nitrogens with zero attached hydrogens (tertiary/aromatic N) is 2. The van der Waals surface area contributed by atoms with E-state index in [1.807, 2.05) is 11.3 Å². The fourth-order valence-corrected chi connectivity index (χ4v) is 8.91. The second kappa shape index (κ2) is 11.9. The summed E-state index contributed by atoms with van der Waals surface area (Å²) in [5.74, 6) is 0. The van der Waals surface area contributed by atoms with Crippen LogP contribution in [0.25, 0.3) is 58.8 Å². The number of hydrogen-bond acceptors (Lipinski definition) is 3. The Balaban J connectivity index is 1.08. The van der Waals surface area contributed by atoms with Gasteiger partial charge in [0.2, 0.25) is 0 Å². The van der Waals surface area contributed by atoms with Crippen LogP contribution in [0, 0.1) is 0 Å². The van der Waals surface area contributed by atoms with Crippen LogP contribution in [0.5, 0.6) is 0 Å². The summed E-state index contributed by atoms with van der Waals surface area (Å²) in [6.07, 6.45) is 10.7. The number of aromatic nitrogens is 1. The van der Waals surface area contributed by atoms with Crippen molar-refractivity contribution < 1.29 is 0 Å². The Morgan fingerprint density at radius 2 is 1.44 bits per heavy atom. The lowest BCUT2D eigenvalue weighted by molar-refractivity contribution is 0.619. The monoisotopic (exact) mass is 659 g/mol. The maximum atomic E-state index is 5.22. The molecule has 2 aromatic heterocycles. The van der Waals surface area contributed by atoms with Crippen LogP contribution in [-0.2, 0) is 0 Å². The van der Waals surface area contributed by atoms with Gasteiger partial charge in [0.15, 0.2) is 0 Å². The van der Waals surface area contributed by atoms with E-state index in [0.717, 1.165) is 41.1 Å². The van der Waals surface area contributed by atoms with Gasteiger partial charge in [-0.15, -0.1) is 11.3 Å². The summed E-state index contributed by atoms with van der Waals surface area (Å²) in [6, 6.07) is 50.7. The zero-order valence-corrected chi connectivity index (χ0v) is 28.2. The van der Waals surface area contributed by atoms with Crippen molar-refractivity contribution in [1.82, 2.24) is 9.88 Å². The third kappa shape index (κ3) is 4.83. The number of thiophene rings is 1. The molecule has 0 fully saturated rings. The quantitative estimate of drug-likeness (QED) is 0.196. The number of hydrogen-bond donors (Lipinski definition) is 1. The van der Waals surface area contributed by atoms with Gasteiger partial charge in [-0.25, -0.2) is 0 Å². The molecule has 1 aliphatic heterocycles. The Morgan fingerprint density at radius 3 is 2.30 bits per heavy atom. The molecule has 1 atom stereocenters. The lowest BCUT2D eigenvalue weighted by atomic mass is 9.97. The van der Waals surface area contributed by atoms with Crippen LogP contribution in [0.2, 0.25) is 0 Å². The molecule has 0 saturated carbocycles. The van der Waals surface area contributed by atoms with Crippen LogP contribution in [0.3, 0.4) is 0 Å². The molecule has 1 N–H and O–H groups in total. The Bertz CT molecular complexity index is 2720. The van der Waals surface area contributed by atoms with E-state index in [2.05, 4.69) is 174 Å². The van der Waals surface area contributed by atoms with Crippen molar-refractivity contribution in [1.29, 1.82) is 0 Å². The number of nitrogens with one attached hydrogen (secondary N) is 1. The van der Waals surface area contributed by atoms with E-state index in [1.165, 1.54) is 58.7 Å². The summed E-state index contributed by atoms with van der Waals surface area (Å²) in [5, 5.41) is 8.93. The minimum Gasteiger partial charge on any atom is -0.360 e. The van der Waals surface area contributed by atoms with Crippen molar-refractivity contribution >= 4 is 59.0 Å². The predicted molar refractivity (Wildman–Crippen MR) is 213 cm³/mol. The lowest BCUT2D eigenvalue weighted by Gasteiger charge is -2.26. The summed E-state index contributed by atoms with van der Waals surface area (Å²) in [5.41, 5.74) is 11.8. The molecule has 2 aliphatic rings. The SMILES string of the molecule is C1=CCCC(C2=CC(c3ccccc3)=NC(c3ccc(-n4c5ccccc5c5ccc(-c6cccc7c6sc6ccccc67)cc54)cc3)N2)=C1. The van der Waals surface area contributed by atoms with E-state index in [0.29, 0.717) is 0 Å². The molecule has 0 saturated heterocycles. The zero-order valence-electron chi connectivity index (χ0n) is 27.4. The van der Waals surface area contributed by atoms with E-state index in [9.17, 15) is 0 Å². The van der Waals surface area contributed by atoms with Crippen molar-refractivity contribution in [3.8, 4) is 16.8 Å². The Labute approximate surface area is 294 Å². The first kappa shape index (κ1) is 29.0. The van der Waals surface area contributed by atoms with Crippen molar-refractivity contribution in [2.24, 2.45) is 4.99 Å². The maximum Gasteiger partial charge on any atom is 0.145 e. The van der Waals surface area contributed by atoms with E-state index in [1.54, 1.807) is 0 Å². The van der Waals surface area contributed by atoms with Gasteiger partial charge in [0.05, 0.1) is 16.7 Å². The molecule has 1 aliphatic carbocycles. The third-order valence-corrected chi connectivity index (χ3v) is 11.3. The first-order valence-corrected chi connectivity index (χ1v) is 18.1. The van der Waals surface area contributed by atoms with Crippen molar-refractivity contribution in [3.63, 3.8) is 0 Å². The molecule has 0 amide bonds. The van der Waals surface area contributed by atoms with Gasteiger partial charge in [-0.3, -0.25) is 4.99 Å². The average molecular weight is 660 g/mol. The van der Waals surface area contributed by atoms with Crippen LogP contribution < -0.4 is 5.32 Å². The van der Waals surface area contributed by atoms with Gasteiger partial charge < -0.3 is 9.88 Å². The van der Waals surface area contributed by atoms with Gasteiger partial charge in [-0.1, -0.05) is 127 Å². The first-order chi connectivity index (χ1) is 24.8. The molecule has 0 bridgehead atoms. The summed E-state index contributed by atoms with van der Waals surface area (Å²) in [7, 11) is 0. The van der Waals surface area contributed by atoms with Crippen LogP contribution in [0.4, 0.5) is 0 Å².